The van der Waals surface area contributed by atoms with Crippen molar-refractivity contribution in [2.45, 2.75) is 24.5 Å². The number of aromatic nitrogens is 1. The molecule has 1 aliphatic rings. The maximum absolute atomic E-state index is 12.4. The summed E-state index contributed by atoms with van der Waals surface area (Å²) in [5.41, 5.74) is 0.542. The normalized spacial score (nSPS) is 20.6. The van der Waals surface area contributed by atoms with Crippen LogP contribution in [0.3, 0.4) is 0 Å². The molecule has 1 aliphatic heterocycles. The molecule has 2 heterocycles. The van der Waals surface area contributed by atoms with E-state index in [2.05, 4.69) is 27.2 Å². The number of rotatable bonds is 2. The van der Waals surface area contributed by atoms with Gasteiger partial charge in [0.2, 0.25) is 0 Å². The number of thioether (sulfide) groups is 1. The van der Waals surface area contributed by atoms with Crippen molar-refractivity contribution < 1.29 is 4.79 Å². The summed E-state index contributed by atoms with van der Waals surface area (Å²) in [4.78, 5) is 18.5. The molecule has 1 aromatic rings. The Morgan fingerprint density at radius 3 is 3.00 bits per heavy atom. The zero-order valence-electron chi connectivity index (χ0n) is 10.4. The molecule has 18 heavy (non-hydrogen) atoms. The highest BCUT2D eigenvalue weighted by Crippen LogP contribution is 2.21. The fourth-order valence-electron chi connectivity index (χ4n) is 2.14. The first kappa shape index (κ1) is 13.9. The van der Waals surface area contributed by atoms with Gasteiger partial charge in [-0.1, -0.05) is 6.42 Å². The largest absolute Gasteiger partial charge is 0.336 e. The molecule has 0 aromatic carbocycles. The second-order valence-electron chi connectivity index (χ2n) is 4.47. The maximum Gasteiger partial charge on any atom is 0.272 e. The van der Waals surface area contributed by atoms with E-state index < -0.39 is 0 Å². The summed E-state index contributed by atoms with van der Waals surface area (Å²) in [7, 11) is 0. The molecular formula is C13H17BrN2OS. The first-order valence-corrected chi connectivity index (χ1v) is 8.22. The summed E-state index contributed by atoms with van der Waals surface area (Å²) in [6.45, 7) is 1.70. The van der Waals surface area contributed by atoms with Crippen molar-refractivity contribution in [3.8, 4) is 0 Å². The van der Waals surface area contributed by atoms with E-state index in [1.54, 1.807) is 12.3 Å². The van der Waals surface area contributed by atoms with Crippen LogP contribution < -0.4 is 0 Å². The van der Waals surface area contributed by atoms with Gasteiger partial charge in [-0.25, -0.2) is 4.98 Å². The Morgan fingerprint density at radius 1 is 1.50 bits per heavy atom. The van der Waals surface area contributed by atoms with Gasteiger partial charge in [-0.15, -0.1) is 0 Å². The number of halogens is 1. The standard InChI is InChI=1S/C13H17BrN2OS/c1-18-11-4-2-3-7-16(9-11)13(17)12-6-5-10(14)8-15-12/h5-6,8,11H,2-4,7,9H2,1H3. The number of likely N-dealkylation sites (tertiary alicyclic amines) is 1. The van der Waals surface area contributed by atoms with Crippen LogP contribution >= 0.6 is 27.7 Å². The van der Waals surface area contributed by atoms with Gasteiger partial charge in [0.15, 0.2) is 0 Å². The first-order chi connectivity index (χ1) is 8.70. The number of nitrogens with zero attached hydrogens (tertiary/aromatic N) is 2. The van der Waals surface area contributed by atoms with Crippen molar-refractivity contribution in [1.29, 1.82) is 0 Å². The van der Waals surface area contributed by atoms with Crippen molar-refractivity contribution in [2.24, 2.45) is 0 Å². The molecule has 98 valence electrons. The third-order valence-corrected chi connectivity index (χ3v) is 4.72. The molecule has 3 nitrogen and oxygen atoms in total. The van der Waals surface area contributed by atoms with Gasteiger partial charge in [0.1, 0.15) is 5.69 Å². The number of carbonyl (C=O) groups excluding carboxylic acids is 1. The number of amides is 1. The zero-order valence-corrected chi connectivity index (χ0v) is 12.8. The lowest BCUT2D eigenvalue weighted by Gasteiger charge is -2.23. The second-order valence-corrected chi connectivity index (χ2v) is 6.52. The van der Waals surface area contributed by atoms with Crippen molar-refractivity contribution in [2.75, 3.05) is 19.3 Å². The Bertz CT molecular complexity index is 410. The van der Waals surface area contributed by atoms with E-state index in [4.69, 9.17) is 0 Å². The molecule has 1 fully saturated rings. The predicted octanol–water partition coefficient (Wildman–Crippen LogP) is 3.20. The fourth-order valence-corrected chi connectivity index (χ4v) is 3.11. The van der Waals surface area contributed by atoms with Crippen LogP contribution in [0.25, 0.3) is 0 Å². The Balaban J connectivity index is 2.09. The number of carbonyl (C=O) groups is 1. The van der Waals surface area contributed by atoms with E-state index in [0.717, 1.165) is 24.0 Å². The molecule has 2 rings (SSSR count). The summed E-state index contributed by atoms with van der Waals surface area (Å²) in [5, 5.41) is 0.562. The molecule has 1 amide bonds. The van der Waals surface area contributed by atoms with Gasteiger partial charge in [-0.05, 0) is 47.2 Å². The first-order valence-electron chi connectivity index (χ1n) is 6.14. The Labute approximate surface area is 120 Å². The minimum Gasteiger partial charge on any atom is -0.336 e. The highest BCUT2D eigenvalue weighted by molar-refractivity contribution is 9.10. The van der Waals surface area contributed by atoms with Crippen LogP contribution in [0.15, 0.2) is 22.8 Å². The molecule has 1 atom stereocenters. The molecule has 1 saturated heterocycles. The molecule has 1 unspecified atom stereocenters. The van der Waals surface area contributed by atoms with Gasteiger partial charge in [0, 0.05) is 29.0 Å². The molecule has 0 saturated carbocycles. The Morgan fingerprint density at radius 2 is 2.33 bits per heavy atom. The minimum atomic E-state index is 0.0588. The second kappa shape index (κ2) is 6.57. The van der Waals surface area contributed by atoms with E-state index in [1.165, 1.54) is 12.8 Å². The van der Waals surface area contributed by atoms with Crippen LogP contribution in [0.2, 0.25) is 0 Å². The molecule has 0 radical (unpaired) electrons. The van der Waals surface area contributed by atoms with Gasteiger partial charge in [-0.2, -0.15) is 11.8 Å². The Hall–Kier alpha value is -0.550. The van der Waals surface area contributed by atoms with Gasteiger partial charge in [-0.3, -0.25) is 4.79 Å². The SMILES string of the molecule is CSC1CCCCN(C(=O)c2ccc(Br)cn2)C1. The van der Waals surface area contributed by atoms with Crippen LogP contribution in [0.1, 0.15) is 29.8 Å². The topological polar surface area (TPSA) is 33.2 Å². The quantitative estimate of drug-likeness (QED) is 0.835. The van der Waals surface area contributed by atoms with E-state index in [-0.39, 0.29) is 5.91 Å². The van der Waals surface area contributed by atoms with Crippen molar-refractivity contribution in [3.05, 3.63) is 28.5 Å². The molecule has 0 bridgehead atoms. The zero-order chi connectivity index (χ0) is 13.0. The molecule has 5 heteroatoms. The molecule has 0 spiro atoms. The third kappa shape index (κ3) is 3.48. The summed E-state index contributed by atoms with van der Waals surface area (Å²) >= 11 is 5.19. The molecular weight excluding hydrogens is 312 g/mol. The van der Waals surface area contributed by atoms with E-state index in [1.807, 2.05) is 22.7 Å². The molecule has 0 N–H and O–H groups in total. The van der Waals surface area contributed by atoms with Crippen molar-refractivity contribution in [3.63, 3.8) is 0 Å². The summed E-state index contributed by atoms with van der Waals surface area (Å²) in [6.07, 6.45) is 7.31. The lowest BCUT2D eigenvalue weighted by molar-refractivity contribution is 0.0757. The van der Waals surface area contributed by atoms with Gasteiger partial charge >= 0.3 is 0 Å². The Kier molecular flexibility index (Phi) is 5.06. The lowest BCUT2D eigenvalue weighted by Crippen LogP contribution is -2.35. The fraction of sp³-hybridized carbons (Fsp3) is 0.538. The smallest absolute Gasteiger partial charge is 0.272 e. The van der Waals surface area contributed by atoms with Crippen LogP contribution in [-0.4, -0.2) is 40.4 Å². The minimum absolute atomic E-state index is 0.0588. The van der Waals surface area contributed by atoms with Crippen molar-refractivity contribution in [1.82, 2.24) is 9.88 Å². The third-order valence-electron chi connectivity index (χ3n) is 3.20. The molecule has 0 aliphatic carbocycles. The highest BCUT2D eigenvalue weighted by atomic mass is 79.9. The van der Waals surface area contributed by atoms with Gasteiger partial charge in [0.05, 0.1) is 0 Å². The van der Waals surface area contributed by atoms with Crippen LogP contribution in [0.4, 0.5) is 0 Å². The van der Waals surface area contributed by atoms with Gasteiger partial charge in [0.25, 0.3) is 5.91 Å². The van der Waals surface area contributed by atoms with E-state index in [0.29, 0.717) is 10.9 Å². The monoisotopic (exact) mass is 328 g/mol. The van der Waals surface area contributed by atoms with Crippen LogP contribution in [0, 0.1) is 0 Å². The maximum atomic E-state index is 12.4. The number of hydrogen-bond acceptors (Lipinski definition) is 3. The van der Waals surface area contributed by atoms with E-state index >= 15 is 0 Å². The average molecular weight is 329 g/mol. The summed E-state index contributed by atoms with van der Waals surface area (Å²) in [6, 6.07) is 3.65. The van der Waals surface area contributed by atoms with E-state index in [9.17, 15) is 4.79 Å². The average Bonchev–Trinajstić information content (AvgIpc) is 2.64. The predicted molar refractivity (Wildman–Crippen MR) is 79.0 cm³/mol. The highest BCUT2D eigenvalue weighted by Gasteiger charge is 2.22. The van der Waals surface area contributed by atoms with Crippen LogP contribution in [-0.2, 0) is 0 Å². The number of hydrogen-bond donors (Lipinski definition) is 0. The van der Waals surface area contributed by atoms with Gasteiger partial charge < -0.3 is 4.90 Å². The lowest BCUT2D eigenvalue weighted by atomic mass is 10.2. The summed E-state index contributed by atoms with van der Waals surface area (Å²) in [5.74, 6) is 0.0588. The summed E-state index contributed by atoms with van der Waals surface area (Å²) < 4.78 is 0.900. The number of pyridine rings is 1. The van der Waals surface area contributed by atoms with Crippen molar-refractivity contribution >= 4 is 33.6 Å². The van der Waals surface area contributed by atoms with Crippen LogP contribution in [0.5, 0.6) is 0 Å². The molecule has 1 aromatic heterocycles.